The first-order valence-electron chi connectivity index (χ1n) is 4.75. The van der Waals surface area contributed by atoms with Gasteiger partial charge in [0.25, 0.3) is 0 Å². The fourth-order valence-corrected chi connectivity index (χ4v) is 1.84. The van der Waals surface area contributed by atoms with Gasteiger partial charge in [-0.05, 0) is 18.2 Å². The first-order chi connectivity index (χ1) is 7.86. The van der Waals surface area contributed by atoms with Crippen LogP contribution in [-0.2, 0) is 0 Å². The second kappa shape index (κ2) is 3.57. The van der Waals surface area contributed by atoms with Gasteiger partial charge in [0.1, 0.15) is 5.52 Å². The normalized spacial score (nSPS) is 10.8. The predicted molar refractivity (Wildman–Crippen MR) is 61.7 cm³/mol. The molecule has 3 aromatic rings. The van der Waals surface area contributed by atoms with Crippen LogP contribution in [0.5, 0.6) is 0 Å². The van der Waals surface area contributed by atoms with Crippen LogP contribution in [0.4, 0.5) is 0 Å². The first kappa shape index (κ1) is 9.30. The monoisotopic (exact) mass is 230 g/mol. The zero-order valence-electron chi connectivity index (χ0n) is 8.21. The van der Waals surface area contributed by atoms with E-state index in [4.69, 9.17) is 11.6 Å². The van der Waals surface area contributed by atoms with Gasteiger partial charge in [-0.2, -0.15) is 0 Å². The number of nitrogens with zero attached hydrogens (tertiary/aromatic N) is 4. The summed E-state index contributed by atoms with van der Waals surface area (Å²) >= 11 is 6.09. The zero-order valence-corrected chi connectivity index (χ0v) is 8.96. The summed E-state index contributed by atoms with van der Waals surface area (Å²) in [5, 5.41) is 0.600. The lowest BCUT2D eigenvalue weighted by molar-refractivity contribution is 0.961. The maximum absolute atomic E-state index is 6.09. The number of hydrogen-bond acceptors (Lipinski definition) is 3. The Labute approximate surface area is 96.6 Å². The molecular formula is C11H7ClN4. The molecule has 0 saturated heterocycles. The SMILES string of the molecule is Clc1cn(-c2ncccn2)c2cccnc12. The zero-order chi connectivity index (χ0) is 11.0. The highest BCUT2D eigenvalue weighted by atomic mass is 35.5. The second-order valence-electron chi connectivity index (χ2n) is 3.27. The van der Waals surface area contributed by atoms with Gasteiger partial charge in [0.2, 0.25) is 5.95 Å². The van der Waals surface area contributed by atoms with Gasteiger partial charge in [0.05, 0.1) is 10.5 Å². The Bertz CT molecular complexity index is 633. The van der Waals surface area contributed by atoms with Gasteiger partial charge >= 0.3 is 0 Å². The lowest BCUT2D eigenvalue weighted by Crippen LogP contribution is -1.97. The lowest BCUT2D eigenvalue weighted by Gasteiger charge is -2.00. The highest BCUT2D eigenvalue weighted by Crippen LogP contribution is 2.24. The van der Waals surface area contributed by atoms with Crippen molar-refractivity contribution in [2.75, 3.05) is 0 Å². The van der Waals surface area contributed by atoms with E-state index in [1.165, 1.54) is 0 Å². The van der Waals surface area contributed by atoms with E-state index in [-0.39, 0.29) is 0 Å². The van der Waals surface area contributed by atoms with E-state index in [2.05, 4.69) is 15.0 Å². The Hall–Kier alpha value is -1.94. The molecule has 16 heavy (non-hydrogen) atoms. The van der Waals surface area contributed by atoms with Gasteiger partial charge in [0, 0.05) is 24.8 Å². The van der Waals surface area contributed by atoms with Crippen molar-refractivity contribution in [1.82, 2.24) is 19.5 Å². The number of pyridine rings is 1. The Morgan fingerprint density at radius 3 is 2.56 bits per heavy atom. The summed E-state index contributed by atoms with van der Waals surface area (Å²) in [5.41, 5.74) is 1.66. The smallest absolute Gasteiger partial charge is 0.234 e. The molecule has 0 aromatic carbocycles. The minimum absolute atomic E-state index is 0.590. The molecule has 0 bridgehead atoms. The summed E-state index contributed by atoms with van der Waals surface area (Å²) in [6.07, 6.45) is 6.87. The molecule has 0 N–H and O–H groups in total. The Morgan fingerprint density at radius 2 is 1.75 bits per heavy atom. The summed E-state index contributed by atoms with van der Waals surface area (Å²) < 4.78 is 1.82. The molecule has 0 amide bonds. The van der Waals surface area contributed by atoms with Gasteiger partial charge in [-0.1, -0.05) is 11.6 Å². The van der Waals surface area contributed by atoms with E-state index in [9.17, 15) is 0 Å². The molecule has 78 valence electrons. The Balaban J connectivity index is 2.33. The topological polar surface area (TPSA) is 43.6 Å². The summed E-state index contributed by atoms with van der Waals surface area (Å²) in [6, 6.07) is 5.57. The van der Waals surface area contributed by atoms with Gasteiger partial charge in [0.15, 0.2) is 0 Å². The summed E-state index contributed by atoms with van der Waals surface area (Å²) in [4.78, 5) is 12.6. The summed E-state index contributed by atoms with van der Waals surface area (Å²) in [7, 11) is 0. The van der Waals surface area contributed by atoms with Crippen molar-refractivity contribution in [3.8, 4) is 5.95 Å². The fourth-order valence-electron chi connectivity index (χ4n) is 1.60. The van der Waals surface area contributed by atoms with E-state index >= 15 is 0 Å². The van der Waals surface area contributed by atoms with Crippen LogP contribution >= 0.6 is 11.6 Å². The molecule has 0 aliphatic heterocycles. The molecule has 0 fully saturated rings. The average Bonchev–Trinajstić information content (AvgIpc) is 2.69. The molecule has 0 unspecified atom stereocenters. The number of hydrogen-bond donors (Lipinski definition) is 0. The third-order valence-corrected chi connectivity index (χ3v) is 2.56. The molecule has 0 radical (unpaired) electrons. The molecule has 0 spiro atoms. The van der Waals surface area contributed by atoms with Crippen molar-refractivity contribution in [3.63, 3.8) is 0 Å². The Kier molecular flexibility index (Phi) is 2.08. The maximum atomic E-state index is 6.09. The van der Waals surface area contributed by atoms with Gasteiger partial charge in [-0.3, -0.25) is 9.55 Å². The summed E-state index contributed by atoms with van der Waals surface area (Å²) in [5.74, 6) is 0.590. The van der Waals surface area contributed by atoms with E-state index in [0.29, 0.717) is 11.0 Å². The van der Waals surface area contributed by atoms with Crippen LogP contribution in [0.15, 0.2) is 43.0 Å². The fraction of sp³-hybridized carbons (Fsp3) is 0. The van der Waals surface area contributed by atoms with E-state index in [1.807, 2.05) is 16.7 Å². The molecule has 0 saturated carbocycles. The quantitative estimate of drug-likeness (QED) is 0.645. The number of fused-ring (bicyclic) bond motifs is 1. The van der Waals surface area contributed by atoms with Gasteiger partial charge < -0.3 is 0 Å². The van der Waals surface area contributed by atoms with Crippen molar-refractivity contribution in [3.05, 3.63) is 48.0 Å². The molecule has 5 heteroatoms. The Morgan fingerprint density at radius 1 is 1.00 bits per heavy atom. The standard InChI is InChI=1S/C11H7ClN4/c12-8-7-16(11-14-5-2-6-15-11)9-3-1-4-13-10(8)9/h1-7H. The maximum Gasteiger partial charge on any atom is 0.234 e. The second-order valence-corrected chi connectivity index (χ2v) is 3.67. The van der Waals surface area contributed by atoms with Crippen LogP contribution in [0.25, 0.3) is 17.0 Å². The molecule has 0 aliphatic rings. The highest BCUT2D eigenvalue weighted by Gasteiger charge is 2.09. The van der Waals surface area contributed by atoms with Crippen LogP contribution in [0.3, 0.4) is 0 Å². The van der Waals surface area contributed by atoms with Crippen molar-refractivity contribution in [1.29, 1.82) is 0 Å². The predicted octanol–water partition coefficient (Wildman–Crippen LogP) is 2.47. The van der Waals surface area contributed by atoms with Gasteiger partial charge in [-0.15, -0.1) is 0 Å². The number of halogens is 1. The van der Waals surface area contributed by atoms with Gasteiger partial charge in [-0.25, -0.2) is 9.97 Å². The van der Waals surface area contributed by atoms with Crippen LogP contribution in [-0.4, -0.2) is 19.5 Å². The largest absolute Gasteiger partial charge is 0.282 e. The molecule has 3 heterocycles. The van der Waals surface area contributed by atoms with Crippen molar-refractivity contribution in [2.24, 2.45) is 0 Å². The van der Waals surface area contributed by atoms with Crippen molar-refractivity contribution in [2.45, 2.75) is 0 Å². The molecule has 0 atom stereocenters. The minimum Gasteiger partial charge on any atom is -0.282 e. The van der Waals surface area contributed by atoms with Crippen LogP contribution in [0, 0.1) is 0 Å². The summed E-state index contributed by atoms with van der Waals surface area (Å²) in [6.45, 7) is 0. The van der Waals surface area contributed by atoms with Crippen LogP contribution < -0.4 is 0 Å². The number of rotatable bonds is 1. The van der Waals surface area contributed by atoms with Crippen molar-refractivity contribution < 1.29 is 0 Å². The molecule has 3 aromatic heterocycles. The molecule has 3 rings (SSSR count). The van der Waals surface area contributed by atoms with E-state index in [0.717, 1.165) is 11.0 Å². The van der Waals surface area contributed by atoms with Crippen molar-refractivity contribution >= 4 is 22.6 Å². The highest BCUT2D eigenvalue weighted by molar-refractivity contribution is 6.35. The minimum atomic E-state index is 0.590. The number of aromatic nitrogens is 4. The lowest BCUT2D eigenvalue weighted by atomic mass is 10.4. The van der Waals surface area contributed by atoms with E-state index < -0.39 is 0 Å². The average molecular weight is 231 g/mol. The van der Waals surface area contributed by atoms with E-state index in [1.54, 1.807) is 30.9 Å². The molecule has 0 aliphatic carbocycles. The third-order valence-electron chi connectivity index (χ3n) is 2.28. The third kappa shape index (κ3) is 1.35. The van der Waals surface area contributed by atoms with Crippen LogP contribution in [0.1, 0.15) is 0 Å². The first-order valence-corrected chi connectivity index (χ1v) is 5.13. The molecular weight excluding hydrogens is 224 g/mol. The molecule has 4 nitrogen and oxygen atoms in total. The van der Waals surface area contributed by atoms with Crippen LogP contribution in [0.2, 0.25) is 5.02 Å².